The number of hydrogen-bond acceptors (Lipinski definition) is 5. The highest BCUT2D eigenvalue weighted by atomic mass is 35.5. The van der Waals surface area contributed by atoms with Crippen LogP contribution in [-0.2, 0) is 12.1 Å². The van der Waals surface area contributed by atoms with Crippen LogP contribution < -0.4 is 0 Å². The molecule has 2 aromatic heterocycles. The zero-order chi connectivity index (χ0) is 19.8. The van der Waals surface area contributed by atoms with Crippen molar-refractivity contribution in [2.75, 3.05) is 13.1 Å². The molecule has 2 aromatic carbocycles. The summed E-state index contributed by atoms with van der Waals surface area (Å²) in [4.78, 5) is 11.5. The van der Waals surface area contributed by atoms with E-state index in [9.17, 15) is 10.2 Å². The van der Waals surface area contributed by atoms with E-state index in [4.69, 9.17) is 4.98 Å². The third-order valence-corrected chi connectivity index (χ3v) is 6.74. The summed E-state index contributed by atoms with van der Waals surface area (Å²) in [6, 6.07) is 17.6. The Hall–Kier alpha value is -2.38. The van der Waals surface area contributed by atoms with Gasteiger partial charge in [-0.3, -0.25) is 4.90 Å². The normalized spacial score (nSPS) is 16.4. The Bertz CT molecular complexity index is 1120. The second-order valence-corrected chi connectivity index (χ2v) is 8.64. The smallest absolute Gasteiger partial charge is 0.148 e. The second kappa shape index (κ2) is 8.40. The highest BCUT2D eigenvalue weighted by Crippen LogP contribution is 2.35. The van der Waals surface area contributed by atoms with Gasteiger partial charge >= 0.3 is 0 Å². The summed E-state index contributed by atoms with van der Waals surface area (Å²) in [6.45, 7) is 2.15. The minimum Gasteiger partial charge on any atom is -0.508 e. The van der Waals surface area contributed by atoms with Gasteiger partial charge in [0.25, 0.3) is 0 Å². The molecule has 0 spiro atoms. The molecule has 30 heavy (non-hydrogen) atoms. The summed E-state index contributed by atoms with van der Waals surface area (Å²) < 4.78 is 0. The van der Waals surface area contributed by atoms with Crippen molar-refractivity contribution in [2.45, 2.75) is 25.0 Å². The van der Waals surface area contributed by atoms with Crippen LogP contribution in [-0.4, -0.2) is 38.2 Å². The number of H-pyrrole nitrogens is 1. The van der Waals surface area contributed by atoms with Gasteiger partial charge in [0, 0.05) is 25.2 Å². The summed E-state index contributed by atoms with van der Waals surface area (Å²) >= 11 is 1.64. The Labute approximate surface area is 185 Å². The number of aromatic hydroxyl groups is 1. The standard InChI is InChI=1S/C23H23N3O2S.ClH/c27-19-9-8-18-21(25-22(24-18)20-7-4-14-29-20)17(19)15-26-12-10-23(28,11-13-26)16-5-2-1-3-6-16;/h1-9,14,27-28H,10-13,15H2,(H,24,25);1H. The number of aromatic amines is 1. The molecule has 3 heterocycles. The molecule has 5 rings (SSSR count). The number of thiophene rings is 1. The fourth-order valence-corrected chi connectivity index (χ4v) is 4.82. The zero-order valence-electron chi connectivity index (χ0n) is 16.4. The van der Waals surface area contributed by atoms with Gasteiger partial charge in [-0.15, -0.1) is 23.7 Å². The summed E-state index contributed by atoms with van der Waals surface area (Å²) in [7, 11) is 0. The van der Waals surface area contributed by atoms with Crippen molar-refractivity contribution in [2.24, 2.45) is 0 Å². The van der Waals surface area contributed by atoms with E-state index in [-0.39, 0.29) is 18.2 Å². The molecule has 1 aliphatic heterocycles. The second-order valence-electron chi connectivity index (χ2n) is 7.70. The van der Waals surface area contributed by atoms with Gasteiger partial charge in [0.15, 0.2) is 0 Å². The fourth-order valence-electron chi connectivity index (χ4n) is 4.15. The number of nitrogens with one attached hydrogen (secondary N) is 1. The summed E-state index contributed by atoms with van der Waals surface area (Å²) in [6.07, 6.45) is 1.35. The SMILES string of the molecule is Cl.Oc1ccc2[nH]c(-c3cccs3)nc2c1CN1CCC(O)(c2ccccc2)CC1. The maximum absolute atomic E-state index is 11.1. The predicted octanol–water partition coefficient (Wildman–Crippen LogP) is 4.90. The third-order valence-electron chi connectivity index (χ3n) is 5.87. The zero-order valence-corrected chi connectivity index (χ0v) is 18.0. The summed E-state index contributed by atoms with van der Waals surface area (Å²) in [5, 5.41) is 23.6. The molecule has 0 radical (unpaired) electrons. The number of rotatable bonds is 4. The summed E-state index contributed by atoms with van der Waals surface area (Å²) in [5.74, 6) is 1.10. The number of nitrogens with zero attached hydrogens (tertiary/aromatic N) is 2. The van der Waals surface area contributed by atoms with E-state index in [1.165, 1.54) is 0 Å². The lowest BCUT2D eigenvalue weighted by molar-refractivity contribution is -0.0277. The number of phenols is 1. The van der Waals surface area contributed by atoms with E-state index in [0.29, 0.717) is 19.4 Å². The number of hydrogen-bond donors (Lipinski definition) is 3. The molecule has 0 atom stereocenters. The molecule has 0 aliphatic carbocycles. The van der Waals surface area contributed by atoms with Crippen LogP contribution in [0.1, 0.15) is 24.0 Å². The van der Waals surface area contributed by atoms with Crippen molar-refractivity contribution in [3.63, 3.8) is 0 Å². The van der Waals surface area contributed by atoms with Gasteiger partial charge in [0.2, 0.25) is 0 Å². The molecule has 0 saturated carbocycles. The van der Waals surface area contributed by atoms with Crippen LogP contribution in [0.5, 0.6) is 5.75 Å². The molecule has 0 bridgehead atoms. The van der Waals surface area contributed by atoms with Crippen molar-refractivity contribution in [1.29, 1.82) is 0 Å². The Morgan fingerprint density at radius 3 is 2.50 bits per heavy atom. The van der Waals surface area contributed by atoms with Crippen molar-refractivity contribution in [3.05, 3.63) is 71.1 Å². The van der Waals surface area contributed by atoms with E-state index in [2.05, 4.69) is 9.88 Å². The largest absolute Gasteiger partial charge is 0.508 e. The monoisotopic (exact) mass is 441 g/mol. The fraction of sp³-hybridized carbons (Fsp3) is 0.261. The third kappa shape index (κ3) is 3.84. The highest BCUT2D eigenvalue weighted by Gasteiger charge is 2.34. The number of aliphatic hydroxyl groups is 1. The van der Waals surface area contributed by atoms with Crippen molar-refractivity contribution < 1.29 is 10.2 Å². The minimum absolute atomic E-state index is 0. The van der Waals surface area contributed by atoms with Crippen molar-refractivity contribution in [1.82, 2.24) is 14.9 Å². The first-order chi connectivity index (χ1) is 14.1. The van der Waals surface area contributed by atoms with E-state index in [0.717, 1.165) is 46.0 Å². The van der Waals surface area contributed by atoms with Gasteiger partial charge in [-0.05, 0) is 42.0 Å². The highest BCUT2D eigenvalue weighted by molar-refractivity contribution is 7.13. The molecule has 7 heteroatoms. The first-order valence-electron chi connectivity index (χ1n) is 9.87. The van der Waals surface area contributed by atoms with Crippen molar-refractivity contribution in [3.8, 4) is 16.5 Å². The van der Waals surface area contributed by atoms with Crippen LogP contribution in [0.4, 0.5) is 0 Å². The number of imidazole rings is 1. The Balaban J connectivity index is 0.00000218. The van der Waals surface area contributed by atoms with Crippen LogP contribution in [0.3, 0.4) is 0 Å². The number of halogens is 1. The van der Waals surface area contributed by atoms with E-state index >= 15 is 0 Å². The van der Waals surface area contributed by atoms with Crippen LogP contribution in [0.2, 0.25) is 0 Å². The molecular formula is C23H24ClN3O2S. The quantitative estimate of drug-likeness (QED) is 0.421. The molecule has 1 saturated heterocycles. The molecule has 156 valence electrons. The van der Waals surface area contributed by atoms with Crippen LogP contribution in [0.15, 0.2) is 60.0 Å². The number of phenolic OH excluding ortho intramolecular Hbond substituents is 1. The molecule has 1 fully saturated rings. The lowest BCUT2D eigenvalue weighted by Crippen LogP contribution is -2.42. The Kier molecular flexibility index (Phi) is 5.84. The lowest BCUT2D eigenvalue weighted by atomic mass is 9.84. The number of likely N-dealkylation sites (tertiary alicyclic amines) is 1. The van der Waals surface area contributed by atoms with E-state index in [1.807, 2.05) is 53.9 Å². The Morgan fingerprint density at radius 2 is 1.80 bits per heavy atom. The summed E-state index contributed by atoms with van der Waals surface area (Å²) in [5.41, 5.74) is 2.80. The molecule has 0 amide bonds. The van der Waals surface area contributed by atoms with Gasteiger partial charge in [0.1, 0.15) is 11.6 Å². The van der Waals surface area contributed by atoms with Gasteiger partial charge < -0.3 is 15.2 Å². The van der Waals surface area contributed by atoms with Gasteiger partial charge in [-0.25, -0.2) is 4.98 Å². The van der Waals surface area contributed by atoms with E-state index < -0.39 is 5.60 Å². The number of benzene rings is 2. The molecule has 1 aliphatic rings. The molecule has 4 aromatic rings. The van der Waals surface area contributed by atoms with Gasteiger partial charge in [-0.2, -0.15) is 0 Å². The van der Waals surface area contributed by atoms with Gasteiger partial charge in [-0.1, -0.05) is 36.4 Å². The maximum Gasteiger partial charge on any atom is 0.148 e. The molecule has 3 N–H and O–H groups in total. The van der Waals surface area contributed by atoms with Gasteiger partial charge in [0.05, 0.1) is 21.5 Å². The number of aromatic nitrogens is 2. The topological polar surface area (TPSA) is 72.4 Å². The first-order valence-corrected chi connectivity index (χ1v) is 10.7. The molecule has 5 nitrogen and oxygen atoms in total. The lowest BCUT2D eigenvalue weighted by Gasteiger charge is -2.38. The molecular weight excluding hydrogens is 418 g/mol. The average Bonchev–Trinajstić information content (AvgIpc) is 3.42. The first kappa shape index (κ1) is 20.9. The van der Waals surface area contributed by atoms with Crippen LogP contribution in [0, 0.1) is 0 Å². The number of piperidine rings is 1. The molecule has 0 unspecified atom stereocenters. The van der Waals surface area contributed by atoms with Crippen LogP contribution in [0.25, 0.3) is 21.7 Å². The number of fused-ring (bicyclic) bond motifs is 1. The predicted molar refractivity (Wildman–Crippen MR) is 123 cm³/mol. The van der Waals surface area contributed by atoms with Crippen molar-refractivity contribution >= 4 is 34.8 Å². The average molecular weight is 442 g/mol. The minimum atomic E-state index is -0.773. The Morgan fingerprint density at radius 1 is 1.03 bits per heavy atom. The van der Waals surface area contributed by atoms with Crippen LogP contribution >= 0.6 is 23.7 Å². The maximum atomic E-state index is 11.1. The van der Waals surface area contributed by atoms with E-state index in [1.54, 1.807) is 17.4 Å².